The van der Waals surface area contributed by atoms with Crippen LogP contribution in [0.5, 0.6) is 0 Å². The topological polar surface area (TPSA) is 0 Å². The second kappa shape index (κ2) is 18.5. The first kappa shape index (κ1) is 33.3. The van der Waals surface area contributed by atoms with E-state index in [0.29, 0.717) is 0 Å². The Kier molecular flexibility index (Phi) is 154. The molecule has 0 heterocycles. The van der Waals surface area contributed by atoms with Gasteiger partial charge >= 0.3 is 0 Å². The van der Waals surface area contributed by atoms with Crippen molar-refractivity contribution >= 4 is 17.4 Å². The molecule has 0 atom stereocenters. The van der Waals surface area contributed by atoms with Gasteiger partial charge in [0.2, 0.25) is 0 Å². The fourth-order valence-electron chi connectivity index (χ4n) is 0. The van der Waals surface area contributed by atoms with Gasteiger partial charge in [0.25, 0.3) is 0 Å². The molecule has 0 aliphatic rings. The maximum absolute atomic E-state index is 0. The molecule has 4 heteroatoms. The Morgan fingerprint density at radius 3 is 1.00 bits per heavy atom. The van der Waals surface area contributed by atoms with Crippen molar-refractivity contribution in [2.45, 2.75) is 0 Å². The van der Waals surface area contributed by atoms with E-state index >= 15 is 0 Å². The van der Waals surface area contributed by atoms with E-state index < -0.39 is 0 Å². The molecule has 0 aromatic rings. The van der Waals surface area contributed by atoms with E-state index in [2.05, 4.69) is 0 Å². The second-order valence-electron chi connectivity index (χ2n) is 0. The van der Waals surface area contributed by atoms with Gasteiger partial charge in [0.15, 0.2) is 17.4 Å². The molecule has 0 spiro atoms. The Morgan fingerprint density at radius 2 is 1.00 bits per heavy atom. The van der Waals surface area contributed by atoms with Crippen molar-refractivity contribution in [3.05, 3.63) is 0 Å². The second-order valence-corrected chi connectivity index (χ2v) is 0. The van der Waals surface area contributed by atoms with Gasteiger partial charge in [-0.2, -0.15) is 0 Å². The molecule has 0 saturated heterocycles. The zero-order valence-electron chi connectivity index (χ0n) is 0.957. The zero-order chi connectivity index (χ0) is 0. The number of rotatable bonds is 0. The van der Waals surface area contributed by atoms with Gasteiger partial charge in [-0.25, -0.2) is 0 Å². The third-order valence-corrected chi connectivity index (χ3v) is 0. The summed E-state index contributed by atoms with van der Waals surface area (Å²) in [5.74, 6) is 0. The first-order chi connectivity index (χ1) is 0. The van der Waals surface area contributed by atoms with Gasteiger partial charge < -0.3 is 0 Å². The van der Waals surface area contributed by atoms with Crippen LogP contribution in [-0.2, 0) is 56.5 Å². The van der Waals surface area contributed by atoms with E-state index in [4.69, 9.17) is 0 Å². The van der Waals surface area contributed by atoms with Gasteiger partial charge in [0.05, 0.1) is 0 Å². The molecular formula is H3AgAlCuFe. The first-order valence-corrected chi connectivity index (χ1v) is 0. The molecule has 0 fully saturated rings. The minimum absolute atomic E-state index is 0. The van der Waals surface area contributed by atoms with Crippen LogP contribution in [0.1, 0.15) is 0 Å². The van der Waals surface area contributed by atoms with E-state index in [9.17, 15) is 0 Å². The molecule has 0 amide bonds. The van der Waals surface area contributed by atoms with Crippen molar-refractivity contribution < 1.29 is 56.5 Å². The summed E-state index contributed by atoms with van der Waals surface area (Å²) in [5, 5.41) is 0. The molecule has 0 saturated carbocycles. The van der Waals surface area contributed by atoms with Crippen LogP contribution in [0.2, 0.25) is 0 Å². The van der Waals surface area contributed by atoms with Gasteiger partial charge in [-0.15, -0.1) is 0 Å². The van der Waals surface area contributed by atoms with Gasteiger partial charge in [-0.05, 0) is 0 Å². The summed E-state index contributed by atoms with van der Waals surface area (Å²) in [6, 6.07) is 0. The molecule has 0 aliphatic heterocycles. The van der Waals surface area contributed by atoms with Crippen LogP contribution in [0.25, 0.3) is 0 Å². The third kappa shape index (κ3) is 8.85. The Bertz CT molecular complexity index is 8.00. The van der Waals surface area contributed by atoms with Crippen LogP contribution >= 0.6 is 0 Å². The molecule has 0 unspecified atom stereocenters. The predicted molar refractivity (Wildman–Crippen MR) is 9.94 cm³/mol. The minimum atomic E-state index is 0. The maximum atomic E-state index is 0. The molecule has 0 nitrogen and oxygen atoms in total. The molecular weight excluding hydrogens is 254 g/mol. The molecule has 0 aliphatic carbocycles. The van der Waals surface area contributed by atoms with Crippen LogP contribution in [-0.4, -0.2) is 17.4 Å². The van der Waals surface area contributed by atoms with E-state index in [1.165, 1.54) is 0 Å². The van der Waals surface area contributed by atoms with E-state index in [-0.39, 0.29) is 73.9 Å². The van der Waals surface area contributed by atoms with Gasteiger partial charge in [-0.1, -0.05) is 0 Å². The van der Waals surface area contributed by atoms with Gasteiger partial charge in [0, 0.05) is 56.5 Å². The van der Waals surface area contributed by atoms with Crippen LogP contribution in [0, 0.1) is 0 Å². The Labute approximate surface area is 73.1 Å². The van der Waals surface area contributed by atoms with Crippen molar-refractivity contribution in [1.82, 2.24) is 0 Å². The summed E-state index contributed by atoms with van der Waals surface area (Å²) in [5.41, 5.74) is 0. The monoisotopic (exact) mass is 256 g/mol. The van der Waals surface area contributed by atoms with Crippen molar-refractivity contribution in [3.63, 3.8) is 0 Å². The van der Waals surface area contributed by atoms with Gasteiger partial charge in [-0.3, -0.25) is 0 Å². The summed E-state index contributed by atoms with van der Waals surface area (Å²) in [6.07, 6.45) is 0. The van der Waals surface area contributed by atoms with Crippen molar-refractivity contribution in [2.24, 2.45) is 0 Å². The Balaban J connectivity index is 0. The van der Waals surface area contributed by atoms with Crippen molar-refractivity contribution in [2.75, 3.05) is 0 Å². The molecule has 4 heavy (non-hydrogen) atoms. The zero-order valence-corrected chi connectivity index (χ0v) is 4.48. The van der Waals surface area contributed by atoms with Crippen molar-refractivity contribution in [1.29, 1.82) is 0 Å². The van der Waals surface area contributed by atoms with E-state index in [1.54, 1.807) is 0 Å². The fraction of sp³-hybridized carbons (Fsp3) is 0. The molecule has 0 rings (SSSR count). The quantitative estimate of drug-likeness (QED) is 0.479. The normalized spacial score (nSPS) is 0. The fourth-order valence-corrected chi connectivity index (χ4v) is 0. The molecule has 0 aromatic heterocycles. The smallest absolute Gasteiger partial charge is 0 e. The van der Waals surface area contributed by atoms with Gasteiger partial charge in [0.1, 0.15) is 0 Å². The van der Waals surface area contributed by atoms with Crippen molar-refractivity contribution in [3.8, 4) is 0 Å². The molecule has 2 radical (unpaired) electrons. The molecule has 0 bridgehead atoms. The predicted octanol–water partition coefficient (Wildman–Crippen LogP) is -1.19. The van der Waals surface area contributed by atoms with E-state index in [0.717, 1.165) is 0 Å². The average molecular weight is 257 g/mol. The summed E-state index contributed by atoms with van der Waals surface area (Å²) >= 11 is 0. The number of hydrogen-bond donors (Lipinski definition) is 0. The summed E-state index contributed by atoms with van der Waals surface area (Å²) in [6.45, 7) is 0. The SMILES string of the molecule is [Ag].[AlH3].[Cu].[Fe]. The van der Waals surface area contributed by atoms with Crippen LogP contribution in [0.4, 0.5) is 0 Å². The summed E-state index contributed by atoms with van der Waals surface area (Å²) in [4.78, 5) is 0. The molecule has 36 valence electrons. The molecule has 0 aromatic carbocycles. The van der Waals surface area contributed by atoms with E-state index in [1.807, 2.05) is 0 Å². The Hall–Kier alpha value is 2.31. The largest absolute Gasteiger partial charge is 0.187 e. The van der Waals surface area contributed by atoms with Crippen LogP contribution in [0.15, 0.2) is 0 Å². The number of hydrogen-bond acceptors (Lipinski definition) is 0. The van der Waals surface area contributed by atoms with Crippen LogP contribution < -0.4 is 0 Å². The molecule has 0 N–H and O–H groups in total. The minimum Gasteiger partial charge on any atom is 0 e. The maximum Gasteiger partial charge on any atom is 0.187 e. The summed E-state index contributed by atoms with van der Waals surface area (Å²) in [7, 11) is 0. The van der Waals surface area contributed by atoms with Crippen LogP contribution in [0.3, 0.4) is 0 Å². The third-order valence-electron chi connectivity index (χ3n) is 0. The Morgan fingerprint density at radius 1 is 1.00 bits per heavy atom. The average Bonchev–Trinajstić information content (AvgIpc) is 0. The standard InChI is InChI=1S/Ag.Al.Cu.Fe.3H. The summed E-state index contributed by atoms with van der Waals surface area (Å²) < 4.78 is 0. The first-order valence-electron chi connectivity index (χ1n) is 0.